The molecule has 0 radical (unpaired) electrons. The van der Waals surface area contributed by atoms with E-state index in [0.717, 1.165) is 0 Å². The van der Waals surface area contributed by atoms with Crippen molar-refractivity contribution >= 4 is 51.1 Å². The van der Waals surface area contributed by atoms with Crippen LogP contribution in [0.3, 0.4) is 0 Å². The van der Waals surface area contributed by atoms with E-state index in [1.807, 2.05) is 5.38 Å². The lowest BCUT2D eigenvalue weighted by Gasteiger charge is -2.02. The summed E-state index contributed by atoms with van der Waals surface area (Å²) >= 11 is 13.0. The highest BCUT2D eigenvalue weighted by Crippen LogP contribution is 2.24. The zero-order valence-corrected chi connectivity index (χ0v) is 12.2. The maximum Gasteiger partial charge on any atom is 0.185 e. The smallest absolute Gasteiger partial charge is 0.185 e. The number of ketones is 1. The quantitative estimate of drug-likeness (QED) is 0.797. The van der Waals surface area contributed by atoms with Gasteiger partial charge in [-0.25, -0.2) is 0 Å². The molecule has 0 aliphatic carbocycles. The third-order valence-corrected chi connectivity index (χ3v) is 5.17. The molecule has 0 amide bonds. The van der Waals surface area contributed by atoms with Gasteiger partial charge in [-0.15, -0.1) is 11.3 Å². The van der Waals surface area contributed by atoms with Crippen LogP contribution in [0.15, 0.2) is 40.6 Å². The van der Waals surface area contributed by atoms with Gasteiger partial charge in [-0.2, -0.15) is 0 Å². The molecule has 2 rings (SSSR count). The van der Waals surface area contributed by atoms with Crippen LogP contribution in [0.1, 0.15) is 9.67 Å². The first-order valence-corrected chi connectivity index (χ1v) is 7.93. The Bertz CT molecular complexity index is 594. The molecule has 0 saturated heterocycles. The number of benzene rings is 1. The van der Waals surface area contributed by atoms with Gasteiger partial charge in [0.05, 0.1) is 31.5 Å². The first-order valence-electron chi connectivity index (χ1n) is 4.98. The number of hydrogen-bond donors (Lipinski definition) is 0. The fourth-order valence-electron chi connectivity index (χ4n) is 1.33. The molecule has 0 aliphatic rings. The highest BCUT2D eigenvalue weighted by atomic mass is 35.5. The van der Waals surface area contributed by atoms with E-state index < -0.39 is 10.8 Å². The molecule has 0 fully saturated rings. The molecule has 0 N–H and O–H groups in total. The van der Waals surface area contributed by atoms with E-state index in [-0.39, 0.29) is 11.5 Å². The summed E-state index contributed by atoms with van der Waals surface area (Å²) in [7, 11) is -1.40. The summed E-state index contributed by atoms with van der Waals surface area (Å²) in [6, 6.07) is 8.24. The lowest BCUT2D eigenvalue weighted by molar-refractivity contribution is 0.102. The number of thiophene rings is 1. The van der Waals surface area contributed by atoms with Gasteiger partial charge in [0, 0.05) is 4.90 Å². The molecule has 1 unspecified atom stereocenters. The maximum absolute atomic E-state index is 12.0. The van der Waals surface area contributed by atoms with Crippen LogP contribution < -0.4 is 0 Å². The summed E-state index contributed by atoms with van der Waals surface area (Å²) in [6.07, 6.45) is 0. The standard InChI is InChI=1S/C12H8Cl2O2S2/c13-9-4-3-8(6-10(9)14)18(16)7-11(15)12-2-1-5-17-12/h1-6H,7H2. The Morgan fingerprint density at radius 1 is 1.22 bits per heavy atom. The fraction of sp³-hybridized carbons (Fsp3) is 0.0833. The molecule has 1 aromatic carbocycles. The van der Waals surface area contributed by atoms with Gasteiger partial charge in [0.1, 0.15) is 0 Å². The van der Waals surface area contributed by atoms with Crippen molar-refractivity contribution in [3.63, 3.8) is 0 Å². The van der Waals surface area contributed by atoms with Crippen LogP contribution in [0, 0.1) is 0 Å². The minimum atomic E-state index is -1.40. The summed E-state index contributed by atoms with van der Waals surface area (Å²) < 4.78 is 12.0. The Hall–Kier alpha value is -0.680. The van der Waals surface area contributed by atoms with Crippen LogP contribution in [0.2, 0.25) is 10.0 Å². The summed E-state index contributed by atoms with van der Waals surface area (Å²) in [5.74, 6) is -0.173. The Balaban J connectivity index is 2.12. The molecular weight excluding hydrogens is 311 g/mol. The van der Waals surface area contributed by atoms with Gasteiger partial charge in [-0.05, 0) is 29.6 Å². The Labute approximate surface area is 121 Å². The SMILES string of the molecule is O=C(CS(=O)c1ccc(Cl)c(Cl)c1)c1cccs1. The Morgan fingerprint density at radius 2 is 2.00 bits per heavy atom. The molecule has 2 nitrogen and oxygen atoms in total. The minimum Gasteiger partial charge on any atom is -0.292 e. The van der Waals surface area contributed by atoms with E-state index in [9.17, 15) is 9.00 Å². The average molecular weight is 319 g/mol. The average Bonchev–Trinajstić information content (AvgIpc) is 2.86. The number of rotatable bonds is 4. The second kappa shape index (κ2) is 5.97. The first-order chi connectivity index (χ1) is 8.58. The van der Waals surface area contributed by atoms with Gasteiger partial charge in [-0.1, -0.05) is 29.3 Å². The molecule has 94 valence electrons. The van der Waals surface area contributed by atoms with Gasteiger partial charge >= 0.3 is 0 Å². The minimum absolute atomic E-state index is 0.0432. The molecule has 1 aromatic heterocycles. The van der Waals surface area contributed by atoms with E-state index >= 15 is 0 Å². The van der Waals surface area contributed by atoms with Crippen LogP contribution in [-0.4, -0.2) is 15.7 Å². The Morgan fingerprint density at radius 3 is 2.61 bits per heavy atom. The number of hydrogen-bond acceptors (Lipinski definition) is 3. The lowest BCUT2D eigenvalue weighted by atomic mass is 10.3. The number of carbonyl (C=O) groups is 1. The van der Waals surface area contributed by atoms with Crippen LogP contribution in [0.4, 0.5) is 0 Å². The molecule has 18 heavy (non-hydrogen) atoms. The predicted molar refractivity (Wildman–Crippen MR) is 76.4 cm³/mol. The van der Waals surface area contributed by atoms with E-state index in [0.29, 0.717) is 19.8 Å². The van der Waals surface area contributed by atoms with Gasteiger partial charge in [0.2, 0.25) is 0 Å². The summed E-state index contributed by atoms with van der Waals surface area (Å²) in [6.45, 7) is 0. The van der Waals surface area contributed by atoms with Gasteiger partial charge < -0.3 is 0 Å². The molecule has 1 atom stereocenters. The summed E-state index contributed by atoms with van der Waals surface area (Å²) in [5, 5.41) is 2.56. The number of Topliss-reactive ketones (excluding diaryl/α,β-unsaturated/α-hetero) is 1. The third kappa shape index (κ3) is 3.20. The maximum atomic E-state index is 12.0. The monoisotopic (exact) mass is 318 g/mol. The van der Waals surface area contributed by atoms with E-state index in [4.69, 9.17) is 23.2 Å². The summed E-state index contributed by atoms with van der Waals surface area (Å²) in [4.78, 5) is 12.9. The van der Waals surface area contributed by atoms with Crippen molar-refractivity contribution in [1.82, 2.24) is 0 Å². The van der Waals surface area contributed by atoms with Crippen molar-refractivity contribution in [2.75, 3.05) is 5.75 Å². The zero-order chi connectivity index (χ0) is 13.1. The van der Waals surface area contributed by atoms with Crippen LogP contribution >= 0.6 is 34.5 Å². The van der Waals surface area contributed by atoms with Crippen LogP contribution in [-0.2, 0) is 10.8 Å². The molecule has 0 saturated carbocycles. The predicted octanol–water partition coefficient (Wildman–Crippen LogP) is 4.05. The molecule has 2 aromatic rings. The van der Waals surface area contributed by atoms with E-state index in [1.54, 1.807) is 24.3 Å². The first kappa shape index (κ1) is 13.7. The van der Waals surface area contributed by atoms with Crippen molar-refractivity contribution < 1.29 is 9.00 Å². The van der Waals surface area contributed by atoms with Crippen LogP contribution in [0.25, 0.3) is 0 Å². The summed E-state index contributed by atoms with van der Waals surface area (Å²) in [5.41, 5.74) is 0. The van der Waals surface area contributed by atoms with Crippen molar-refractivity contribution in [1.29, 1.82) is 0 Å². The largest absolute Gasteiger partial charge is 0.292 e. The fourth-order valence-corrected chi connectivity index (χ4v) is 3.48. The molecule has 0 bridgehead atoms. The van der Waals surface area contributed by atoms with E-state index in [2.05, 4.69) is 0 Å². The third-order valence-electron chi connectivity index (χ3n) is 2.21. The van der Waals surface area contributed by atoms with Gasteiger partial charge in [0.15, 0.2) is 5.78 Å². The normalized spacial score (nSPS) is 12.3. The second-order valence-electron chi connectivity index (χ2n) is 3.47. The number of carbonyl (C=O) groups excluding carboxylic acids is 1. The highest BCUT2D eigenvalue weighted by molar-refractivity contribution is 7.85. The van der Waals surface area contributed by atoms with Crippen molar-refractivity contribution in [3.8, 4) is 0 Å². The van der Waals surface area contributed by atoms with Crippen molar-refractivity contribution in [3.05, 3.63) is 50.6 Å². The molecular formula is C12H8Cl2O2S2. The highest BCUT2D eigenvalue weighted by Gasteiger charge is 2.14. The topological polar surface area (TPSA) is 34.1 Å². The van der Waals surface area contributed by atoms with E-state index in [1.165, 1.54) is 17.4 Å². The second-order valence-corrected chi connectivity index (χ2v) is 6.68. The lowest BCUT2D eigenvalue weighted by Crippen LogP contribution is -2.09. The van der Waals surface area contributed by atoms with Crippen molar-refractivity contribution in [2.24, 2.45) is 0 Å². The van der Waals surface area contributed by atoms with Gasteiger partial charge in [-0.3, -0.25) is 9.00 Å². The Kier molecular flexibility index (Phi) is 4.56. The molecule has 6 heteroatoms. The van der Waals surface area contributed by atoms with Gasteiger partial charge in [0.25, 0.3) is 0 Å². The van der Waals surface area contributed by atoms with Crippen LogP contribution in [0.5, 0.6) is 0 Å². The molecule has 1 heterocycles. The zero-order valence-electron chi connectivity index (χ0n) is 9.06. The number of halogens is 2. The molecule has 0 aliphatic heterocycles. The van der Waals surface area contributed by atoms with Crippen molar-refractivity contribution in [2.45, 2.75) is 4.90 Å². The molecule has 0 spiro atoms.